The maximum atomic E-state index is 13.4. The summed E-state index contributed by atoms with van der Waals surface area (Å²) in [5.74, 6) is -1.23. The van der Waals surface area contributed by atoms with Crippen LogP contribution < -0.4 is 15.5 Å². The third kappa shape index (κ3) is 5.13. The Balaban J connectivity index is 1.70. The van der Waals surface area contributed by atoms with Crippen molar-refractivity contribution in [1.29, 1.82) is 0 Å². The number of amides is 1. The summed E-state index contributed by atoms with van der Waals surface area (Å²) in [6.07, 6.45) is -3.32. The van der Waals surface area contributed by atoms with Crippen molar-refractivity contribution < 1.29 is 37.1 Å². The average Bonchev–Trinajstić information content (AvgIpc) is 2.68. The van der Waals surface area contributed by atoms with Gasteiger partial charge in [0.15, 0.2) is 0 Å². The van der Waals surface area contributed by atoms with E-state index < -0.39 is 30.6 Å². The monoisotopic (exact) mass is 420 g/mol. The van der Waals surface area contributed by atoms with Gasteiger partial charge in [0.1, 0.15) is 11.6 Å². The van der Waals surface area contributed by atoms with Gasteiger partial charge in [-0.25, -0.2) is 9.37 Å². The molecule has 2 aromatic carbocycles. The number of carbonyl (C=O) groups excluding carboxylic acids is 1. The molecule has 0 atom stereocenters. The highest BCUT2D eigenvalue weighted by Crippen LogP contribution is 2.31. The molecule has 30 heavy (non-hydrogen) atoms. The highest BCUT2D eigenvalue weighted by Gasteiger charge is 2.30. The van der Waals surface area contributed by atoms with Crippen molar-refractivity contribution in [3.05, 3.63) is 77.7 Å². The number of rotatable bonds is 5. The van der Waals surface area contributed by atoms with E-state index in [1.807, 2.05) is 0 Å². The molecular formula is C19H13BF4N2O4. The molecule has 0 fully saturated rings. The molecule has 1 amide bonds. The molecule has 0 spiro atoms. The number of aromatic nitrogens is 1. The Hall–Kier alpha value is -3.44. The Bertz CT molecular complexity index is 1040. The molecule has 1 heterocycles. The summed E-state index contributed by atoms with van der Waals surface area (Å²) in [5, 5.41) is 21.0. The fourth-order valence-corrected chi connectivity index (χ4v) is 2.46. The second-order valence-corrected chi connectivity index (χ2v) is 6.07. The van der Waals surface area contributed by atoms with Gasteiger partial charge in [0.2, 0.25) is 5.88 Å². The first-order valence-electron chi connectivity index (χ1n) is 8.41. The van der Waals surface area contributed by atoms with Crippen LogP contribution in [0.3, 0.4) is 0 Å². The van der Waals surface area contributed by atoms with E-state index in [0.717, 1.165) is 48.7 Å². The molecule has 6 nitrogen and oxygen atoms in total. The summed E-state index contributed by atoms with van der Waals surface area (Å²) >= 11 is 0. The lowest BCUT2D eigenvalue weighted by Crippen LogP contribution is -2.33. The van der Waals surface area contributed by atoms with Crippen LogP contribution in [0.5, 0.6) is 11.6 Å². The third-order valence-electron chi connectivity index (χ3n) is 3.94. The van der Waals surface area contributed by atoms with E-state index in [-0.39, 0.29) is 28.3 Å². The number of nitrogens with zero attached hydrogens (tertiary/aromatic N) is 1. The molecular weight excluding hydrogens is 407 g/mol. The van der Waals surface area contributed by atoms with Crippen LogP contribution in [-0.4, -0.2) is 28.1 Å². The lowest BCUT2D eigenvalue weighted by molar-refractivity contribution is -0.137. The lowest BCUT2D eigenvalue weighted by Gasteiger charge is -2.11. The van der Waals surface area contributed by atoms with Crippen LogP contribution in [0.2, 0.25) is 0 Å². The minimum Gasteiger partial charge on any atom is -0.439 e. The van der Waals surface area contributed by atoms with Crippen LogP contribution in [0.1, 0.15) is 15.9 Å². The van der Waals surface area contributed by atoms with Gasteiger partial charge >= 0.3 is 13.3 Å². The predicted molar refractivity (Wildman–Crippen MR) is 99.9 cm³/mol. The van der Waals surface area contributed by atoms with Gasteiger partial charge in [0, 0.05) is 23.4 Å². The minimum absolute atomic E-state index is 0.0310. The van der Waals surface area contributed by atoms with Gasteiger partial charge in [-0.1, -0.05) is 6.07 Å². The first-order chi connectivity index (χ1) is 14.1. The number of anilines is 1. The molecule has 11 heteroatoms. The number of ether oxygens (including phenoxy) is 1. The van der Waals surface area contributed by atoms with Gasteiger partial charge in [-0.15, -0.1) is 0 Å². The highest BCUT2D eigenvalue weighted by molar-refractivity contribution is 6.60. The summed E-state index contributed by atoms with van der Waals surface area (Å²) < 4.78 is 56.5. The Morgan fingerprint density at radius 3 is 2.30 bits per heavy atom. The molecule has 0 saturated carbocycles. The number of alkyl halides is 3. The van der Waals surface area contributed by atoms with Gasteiger partial charge in [0.25, 0.3) is 5.91 Å². The van der Waals surface area contributed by atoms with Crippen molar-refractivity contribution in [2.24, 2.45) is 0 Å². The molecule has 154 valence electrons. The van der Waals surface area contributed by atoms with Crippen molar-refractivity contribution in [3.8, 4) is 11.6 Å². The molecule has 3 aromatic rings. The van der Waals surface area contributed by atoms with E-state index >= 15 is 0 Å². The molecule has 0 aliphatic carbocycles. The van der Waals surface area contributed by atoms with Gasteiger partial charge in [-0.3, -0.25) is 4.79 Å². The standard InChI is InChI=1S/C19H13BF4N2O4/c21-13-4-7-15(20(28)29)16(9-13)26-18(27)11-1-8-17(25-10-11)30-14-5-2-12(3-6-14)19(22,23)24/h1-10,28-29H,(H,26,27). The molecule has 0 bridgehead atoms. The number of halogens is 4. The van der Waals surface area contributed by atoms with E-state index in [0.29, 0.717) is 0 Å². The van der Waals surface area contributed by atoms with Crippen molar-refractivity contribution in [2.75, 3.05) is 5.32 Å². The zero-order valence-electron chi connectivity index (χ0n) is 15.0. The zero-order chi connectivity index (χ0) is 21.9. The van der Waals surface area contributed by atoms with E-state index in [2.05, 4.69) is 10.3 Å². The number of hydrogen-bond acceptors (Lipinski definition) is 5. The van der Waals surface area contributed by atoms with Gasteiger partial charge < -0.3 is 20.1 Å². The van der Waals surface area contributed by atoms with Crippen LogP contribution in [0.15, 0.2) is 60.8 Å². The van der Waals surface area contributed by atoms with Crippen molar-refractivity contribution in [2.45, 2.75) is 6.18 Å². The summed E-state index contributed by atoms with van der Waals surface area (Å²) in [4.78, 5) is 16.2. The van der Waals surface area contributed by atoms with E-state index in [1.54, 1.807) is 0 Å². The van der Waals surface area contributed by atoms with Crippen molar-refractivity contribution in [1.82, 2.24) is 4.98 Å². The minimum atomic E-state index is -4.46. The van der Waals surface area contributed by atoms with Crippen molar-refractivity contribution >= 4 is 24.2 Å². The molecule has 0 unspecified atom stereocenters. The maximum absolute atomic E-state index is 13.4. The van der Waals surface area contributed by atoms with Crippen LogP contribution in [0.4, 0.5) is 23.2 Å². The summed E-state index contributed by atoms with van der Waals surface area (Å²) in [5.41, 5.74) is -0.989. The molecule has 0 aliphatic rings. The molecule has 0 saturated heterocycles. The van der Waals surface area contributed by atoms with Crippen molar-refractivity contribution in [3.63, 3.8) is 0 Å². The first-order valence-corrected chi connectivity index (χ1v) is 8.41. The maximum Gasteiger partial charge on any atom is 0.490 e. The number of pyridine rings is 1. The van der Waals surface area contributed by atoms with Gasteiger partial charge in [-0.05, 0) is 42.5 Å². The topological polar surface area (TPSA) is 91.7 Å². The normalized spacial score (nSPS) is 11.1. The van der Waals surface area contributed by atoms with Gasteiger partial charge in [-0.2, -0.15) is 13.2 Å². The van der Waals surface area contributed by atoms with E-state index in [4.69, 9.17) is 4.74 Å². The summed E-state index contributed by atoms with van der Waals surface area (Å²) in [6.45, 7) is 0. The number of nitrogens with one attached hydrogen (secondary N) is 1. The zero-order valence-corrected chi connectivity index (χ0v) is 15.0. The quantitative estimate of drug-likeness (QED) is 0.436. The van der Waals surface area contributed by atoms with Crippen LogP contribution in [0, 0.1) is 5.82 Å². The number of hydrogen-bond donors (Lipinski definition) is 3. The third-order valence-corrected chi connectivity index (χ3v) is 3.94. The Morgan fingerprint density at radius 1 is 1.03 bits per heavy atom. The number of carbonyl (C=O) groups is 1. The van der Waals surface area contributed by atoms with E-state index in [9.17, 15) is 32.4 Å². The second kappa shape index (κ2) is 8.51. The second-order valence-electron chi connectivity index (χ2n) is 6.07. The largest absolute Gasteiger partial charge is 0.490 e. The van der Waals surface area contributed by atoms with Crippen LogP contribution in [0.25, 0.3) is 0 Å². The van der Waals surface area contributed by atoms with Crippen LogP contribution >= 0.6 is 0 Å². The summed E-state index contributed by atoms with van der Waals surface area (Å²) in [6, 6.07) is 9.71. The average molecular weight is 420 g/mol. The first kappa shape index (κ1) is 21.3. The Kier molecular flexibility index (Phi) is 6.04. The molecule has 0 radical (unpaired) electrons. The molecule has 1 aromatic heterocycles. The summed E-state index contributed by atoms with van der Waals surface area (Å²) in [7, 11) is -1.92. The molecule has 3 N–H and O–H groups in total. The smallest absolute Gasteiger partial charge is 0.439 e. The lowest BCUT2D eigenvalue weighted by atomic mass is 9.79. The van der Waals surface area contributed by atoms with Crippen LogP contribution in [-0.2, 0) is 6.18 Å². The molecule has 0 aliphatic heterocycles. The fraction of sp³-hybridized carbons (Fsp3) is 0.0526. The number of benzene rings is 2. The SMILES string of the molecule is O=C(Nc1cc(F)ccc1B(O)O)c1ccc(Oc2ccc(C(F)(F)F)cc2)nc1. The predicted octanol–water partition coefficient (Wildman–Crippen LogP) is 2.96. The molecule has 3 rings (SSSR count). The fourth-order valence-electron chi connectivity index (χ4n) is 2.46. The Morgan fingerprint density at radius 2 is 1.73 bits per heavy atom. The Labute approximate surface area is 167 Å². The highest BCUT2D eigenvalue weighted by atomic mass is 19.4. The van der Waals surface area contributed by atoms with Gasteiger partial charge in [0.05, 0.1) is 11.1 Å². The van der Waals surface area contributed by atoms with E-state index in [1.165, 1.54) is 12.1 Å².